The molecule has 1 atom stereocenters. The van der Waals surface area contributed by atoms with Crippen molar-refractivity contribution >= 4 is 27.3 Å². The summed E-state index contributed by atoms with van der Waals surface area (Å²) in [7, 11) is 0. The van der Waals surface area contributed by atoms with Gasteiger partial charge in [0.05, 0.1) is 5.56 Å². The van der Waals surface area contributed by atoms with Gasteiger partial charge >= 0.3 is 0 Å². The predicted octanol–water partition coefficient (Wildman–Crippen LogP) is 3.53. The fourth-order valence-corrected chi connectivity index (χ4v) is 4.43. The van der Waals surface area contributed by atoms with E-state index in [-0.39, 0.29) is 11.8 Å². The van der Waals surface area contributed by atoms with Gasteiger partial charge in [-0.15, -0.1) is 21.5 Å². The van der Waals surface area contributed by atoms with Crippen LogP contribution < -0.4 is 0 Å². The molecule has 0 spiro atoms. The van der Waals surface area contributed by atoms with Crippen molar-refractivity contribution in [3.8, 4) is 0 Å². The van der Waals surface area contributed by atoms with Gasteiger partial charge in [0, 0.05) is 30.3 Å². The van der Waals surface area contributed by atoms with Crippen LogP contribution in [0.15, 0.2) is 36.0 Å². The van der Waals surface area contributed by atoms with Crippen molar-refractivity contribution in [3.63, 3.8) is 0 Å². The van der Waals surface area contributed by atoms with E-state index in [9.17, 15) is 4.79 Å². The molecule has 0 unspecified atom stereocenters. The monoisotopic (exact) mass is 340 g/mol. The van der Waals surface area contributed by atoms with Gasteiger partial charge in [0.25, 0.3) is 5.91 Å². The summed E-state index contributed by atoms with van der Waals surface area (Å²) in [5.41, 5.74) is 0.820. The summed E-state index contributed by atoms with van der Waals surface area (Å²) < 4.78 is 3.17. The zero-order valence-electron chi connectivity index (χ0n) is 13.7. The molecule has 0 N–H and O–H groups in total. The van der Waals surface area contributed by atoms with E-state index in [2.05, 4.69) is 33.8 Å². The van der Waals surface area contributed by atoms with Crippen LogP contribution in [0.5, 0.6) is 0 Å². The summed E-state index contributed by atoms with van der Waals surface area (Å²) in [6.07, 6.45) is 3.85. The standard InChI is InChI=1S/C18H20N4OS/c1-2-21-12-19-20-17(21)14-6-4-9-22(11-14)18(23)15-7-3-5-13-8-10-24-16(13)15/h3,5,7-8,10,12,14H,2,4,6,9,11H2,1H3/t14-/m1/s1. The molecule has 1 saturated heterocycles. The Morgan fingerprint density at radius 2 is 2.29 bits per heavy atom. The second kappa shape index (κ2) is 6.36. The fraction of sp³-hybridized carbons (Fsp3) is 0.389. The molecular weight excluding hydrogens is 320 g/mol. The molecule has 124 valence electrons. The lowest BCUT2D eigenvalue weighted by Crippen LogP contribution is -2.39. The van der Waals surface area contributed by atoms with Crippen LogP contribution in [-0.2, 0) is 6.54 Å². The summed E-state index contributed by atoms with van der Waals surface area (Å²) in [4.78, 5) is 15.1. The lowest BCUT2D eigenvalue weighted by Gasteiger charge is -2.32. The van der Waals surface area contributed by atoms with Gasteiger partial charge in [-0.05, 0) is 42.7 Å². The molecule has 6 heteroatoms. The first-order chi connectivity index (χ1) is 11.8. The average Bonchev–Trinajstić information content (AvgIpc) is 3.29. The van der Waals surface area contributed by atoms with E-state index >= 15 is 0 Å². The highest BCUT2D eigenvalue weighted by molar-refractivity contribution is 7.17. The quantitative estimate of drug-likeness (QED) is 0.733. The molecule has 2 aromatic heterocycles. The number of hydrogen-bond acceptors (Lipinski definition) is 4. The minimum atomic E-state index is 0.135. The molecule has 5 nitrogen and oxygen atoms in total. The van der Waals surface area contributed by atoms with Crippen LogP contribution >= 0.6 is 11.3 Å². The molecular formula is C18H20N4OS. The number of aromatic nitrogens is 3. The normalized spacial score (nSPS) is 18.2. The Labute approximate surface area is 144 Å². The zero-order chi connectivity index (χ0) is 16.5. The first kappa shape index (κ1) is 15.3. The molecule has 3 heterocycles. The maximum absolute atomic E-state index is 13.1. The van der Waals surface area contributed by atoms with Crippen molar-refractivity contribution in [2.75, 3.05) is 13.1 Å². The third-order valence-corrected chi connectivity index (χ3v) is 5.73. The summed E-state index contributed by atoms with van der Waals surface area (Å²) in [5, 5.41) is 11.5. The maximum Gasteiger partial charge on any atom is 0.255 e. The maximum atomic E-state index is 13.1. The number of benzene rings is 1. The minimum Gasteiger partial charge on any atom is -0.338 e. The van der Waals surface area contributed by atoms with Crippen molar-refractivity contribution in [2.45, 2.75) is 32.2 Å². The number of piperidine rings is 1. The highest BCUT2D eigenvalue weighted by Gasteiger charge is 2.29. The largest absolute Gasteiger partial charge is 0.338 e. The first-order valence-corrected chi connectivity index (χ1v) is 9.29. The lowest BCUT2D eigenvalue weighted by atomic mass is 9.96. The third-order valence-electron chi connectivity index (χ3n) is 4.77. The molecule has 1 aliphatic rings. The van der Waals surface area contributed by atoms with E-state index in [0.29, 0.717) is 0 Å². The van der Waals surface area contributed by atoms with Gasteiger partial charge in [-0.25, -0.2) is 0 Å². The molecule has 0 aliphatic carbocycles. The number of likely N-dealkylation sites (tertiary alicyclic amines) is 1. The van der Waals surface area contributed by atoms with Crippen LogP contribution in [0.1, 0.15) is 41.9 Å². The molecule has 1 fully saturated rings. The molecule has 3 aromatic rings. The average molecular weight is 340 g/mol. The van der Waals surface area contributed by atoms with Crippen LogP contribution in [0.25, 0.3) is 10.1 Å². The molecule has 1 aromatic carbocycles. The highest BCUT2D eigenvalue weighted by atomic mass is 32.1. The number of carbonyl (C=O) groups excluding carboxylic acids is 1. The number of nitrogens with zero attached hydrogens (tertiary/aromatic N) is 4. The van der Waals surface area contributed by atoms with Crippen molar-refractivity contribution in [1.29, 1.82) is 0 Å². The highest BCUT2D eigenvalue weighted by Crippen LogP contribution is 2.29. The number of fused-ring (bicyclic) bond motifs is 1. The molecule has 0 bridgehead atoms. The summed E-state index contributed by atoms with van der Waals surface area (Å²) >= 11 is 1.64. The summed E-state index contributed by atoms with van der Waals surface area (Å²) in [6, 6.07) is 8.04. The van der Waals surface area contributed by atoms with Gasteiger partial charge in [0.15, 0.2) is 0 Å². The zero-order valence-corrected chi connectivity index (χ0v) is 14.5. The molecule has 4 rings (SSSR count). The van der Waals surface area contributed by atoms with Gasteiger partial charge in [-0.2, -0.15) is 0 Å². The van der Waals surface area contributed by atoms with Crippen molar-refractivity contribution in [1.82, 2.24) is 19.7 Å². The third kappa shape index (κ3) is 2.60. The van der Waals surface area contributed by atoms with E-state index in [1.807, 2.05) is 22.4 Å². The Kier molecular flexibility index (Phi) is 4.06. The number of thiophene rings is 1. The number of aryl methyl sites for hydroxylation is 1. The van der Waals surface area contributed by atoms with Crippen molar-refractivity contribution in [2.24, 2.45) is 0 Å². The Morgan fingerprint density at radius 1 is 1.38 bits per heavy atom. The van der Waals surface area contributed by atoms with Gasteiger partial charge in [0.2, 0.25) is 0 Å². The minimum absolute atomic E-state index is 0.135. The van der Waals surface area contributed by atoms with Gasteiger partial charge < -0.3 is 9.47 Å². The second-order valence-corrected chi connectivity index (χ2v) is 7.13. The van der Waals surface area contributed by atoms with Crippen LogP contribution in [0.4, 0.5) is 0 Å². The van der Waals surface area contributed by atoms with E-state index in [4.69, 9.17) is 0 Å². The number of hydrogen-bond donors (Lipinski definition) is 0. The van der Waals surface area contributed by atoms with Gasteiger partial charge in [-0.3, -0.25) is 4.79 Å². The molecule has 1 aliphatic heterocycles. The Balaban J connectivity index is 1.60. The number of rotatable bonds is 3. The fourth-order valence-electron chi connectivity index (χ4n) is 3.53. The van der Waals surface area contributed by atoms with Crippen LogP contribution in [-0.4, -0.2) is 38.7 Å². The van der Waals surface area contributed by atoms with E-state index in [1.54, 1.807) is 17.7 Å². The lowest BCUT2D eigenvalue weighted by molar-refractivity contribution is 0.0705. The van der Waals surface area contributed by atoms with Gasteiger partial charge in [0.1, 0.15) is 12.2 Å². The molecule has 1 amide bonds. The number of carbonyl (C=O) groups is 1. The van der Waals surface area contributed by atoms with Gasteiger partial charge in [-0.1, -0.05) is 12.1 Å². The van der Waals surface area contributed by atoms with E-state index in [0.717, 1.165) is 53.9 Å². The first-order valence-electron chi connectivity index (χ1n) is 8.41. The predicted molar refractivity (Wildman–Crippen MR) is 95.4 cm³/mol. The molecule has 24 heavy (non-hydrogen) atoms. The molecule has 0 saturated carbocycles. The van der Waals surface area contributed by atoms with Crippen LogP contribution in [0, 0.1) is 0 Å². The Hall–Kier alpha value is -2.21. The Morgan fingerprint density at radius 3 is 3.17 bits per heavy atom. The number of amides is 1. The van der Waals surface area contributed by atoms with Crippen molar-refractivity contribution in [3.05, 3.63) is 47.4 Å². The molecule has 0 radical (unpaired) electrons. The van der Waals surface area contributed by atoms with Crippen LogP contribution in [0.2, 0.25) is 0 Å². The second-order valence-electron chi connectivity index (χ2n) is 6.21. The summed E-state index contributed by atoms with van der Waals surface area (Å²) in [6.45, 7) is 4.49. The van der Waals surface area contributed by atoms with E-state index in [1.165, 1.54) is 0 Å². The smallest absolute Gasteiger partial charge is 0.255 e. The topological polar surface area (TPSA) is 51.0 Å². The summed E-state index contributed by atoms with van der Waals surface area (Å²) in [5.74, 6) is 1.41. The van der Waals surface area contributed by atoms with E-state index < -0.39 is 0 Å². The van der Waals surface area contributed by atoms with Crippen LogP contribution in [0.3, 0.4) is 0 Å². The van der Waals surface area contributed by atoms with Crippen molar-refractivity contribution < 1.29 is 4.79 Å². The Bertz CT molecular complexity index is 869. The SMILES string of the molecule is CCn1cnnc1[C@@H]1CCCN(C(=O)c2cccc3ccsc23)C1.